The summed E-state index contributed by atoms with van der Waals surface area (Å²) < 4.78 is 0. The van der Waals surface area contributed by atoms with Crippen molar-refractivity contribution in [2.24, 2.45) is 0 Å². The highest BCUT2D eigenvalue weighted by Crippen LogP contribution is 2.26. The lowest BCUT2D eigenvalue weighted by Crippen LogP contribution is -2.47. The monoisotopic (exact) mass is 434 g/mol. The molecule has 0 amide bonds. The molecule has 0 radical (unpaired) electrons. The predicted molar refractivity (Wildman–Crippen MR) is 124 cm³/mol. The van der Waals surface area contributed by atoms with Gasteiger partial charge in [0.1, 0.15) is 11.4 Å². The molecule has 1 aromatic carbocycles. The molecule has 168 valence electrons. The second-order valence-corrected chi connectivity index (χ2v) is 8.69. The maximum absolute atomic E-state index is 10.1. The van der Waals surface area contributed by atoms with Gasteiger partial charge in [0, 0.05) is 38.2 Å². The second kappa shape index (κ2) is 9.18. The summed E-state index contributed by atoms with van der Waals surface area (Å²) >= 11 is 0. The van der Waals surface area contributed by atoms with Gasteiger partial charge in [-0.1, -0.05) is 30.3 Å². The Morgan fingerprint density at radius 1 is 0.938 bits per heavy atom. The Labute approximate surface area is 188 Å². The van der Waals surface area contributed by atoms with Crippen molar-refractivity contribution in [1.82, 2.24) is 20.2 Å². The van der Waals surface area contributed by atoms with E-state index >= 15 is 0 Å². The van der Waals surface area contributed by atoms with Crippen molar-refractivity contribution in [3.63, 3.8) is 0 Å². The van der Waals surface area contributed by atoms with Crippen LogP contribution in [0.25, 0.3) is 0 Å². The Hall–Kier alpha value is -3.10. The fourth-order valence-electron chi connectivity index (χ4n) is 3.93. The molecule has 2 N–H and O–H groups in total. The highest BCUT2D eigenvalue weighted by Gasteiger charge is 2.24. The van der Waals surface area contributed by atoms with Gasteiger partial charge in [-0.3, -0.25) is 4.98 Å². The lowest BCUT2D eigenvalue weighted by atomic mass is 10.0. The molecule has 1 fully saturated rings. The molecule has 32 heavy (non-hydrogen) atoms. The topological polar surface area (TPSA) is 98.5 Å². The molecule has 1 saturated heterocycles. The maximum atomic E-state index is 10.1. The first-order chi connectivity index (χ1) is 15.4. The molecule has 0 atom stereocenters. The van der Waals surface area contributed by atoms with Gasteiger partial charge in [0.2, 0.25) is 0 Å². The molecule has 2 aromatic heterocycles. The molecule has 1 aliphatic rings. The number of aliphatic hydroxyl groups excluding tert-OH is 1. The van der Waals surface area contributed by atoms with Gasteiger partial charge in [-0.25, -0.2) is 4.98 Å². The van der Waals surface area contributed by atoms with Crippen molar-refractivity contribution in [1.29, 1.82) is 0 Å². The fraction of sp³-hybridized carbons (Fsp3) is 0.417. The molecule has 3 aromatic rings. The van der Waals surface area contributed by atoms with E-state index in [2.05, 4.69) is 42.1 Å². The first-order valence-corrected chi connectivity index (χ1v) is 10.9. The summed E-state index contributed by atoms with van der Waals surface area (Å²) in [6.45, 7) is 8.34. The Morgan fingerprint density at radius 3 is 2.22 bits per heavy atom. The third kappa shape index (κ3) is 4.71. The van der Waals surface area contributed by atoms with E-state index in [0.29, 0.717) is 12.1 Å². The molecular formula is C24H30N6O2. The molecule has 8 heteroatoms. The van der Waals surface area contributed by atoms with Crippen LogP contribution in [0.4, 0.5) is 11.6 Å². The fourth-order valence-corrected chi connectivity index (χ4v) is 3.93. The number of benzene rings is 1. The average Bonchev–Trinajstić information content (AvgIpc) is 2.80. The number of anilines is 2. The van der Waals surface area contributed by atoms with E-state index in [-0.39, 0.29) is 6.61 Å². The minimum atomic E-state index is -1.01. The van der Waals surface area contributed by atoms with Crippen LogP contribution in [0.2, 0.25) is 0 Å². The Morgan fingerprint density at radius 2 is 1.62 bits per heavy atom. The van der Waals surface area contributed by atoms with Crippen molar-refractivity contribution in [3.05, 3.63) is 70.8 Å². The maximum Gasteiger partial charge on any atom is 0.157 e. The molecule has 0 spiro atoms. The van der Waals surface area contributed by atoms with Crippen molar-refractivity contribution in [2.75, 3.05) is 36.0 Å². The van der Waals surface area contributed by atoms with E-state index in [9.17, 15) is 10.2 Å². The minimum absolute atomic E-state index is 0.0669. The summed E-state index contributed by atoms with van der Waals surface area (Å²) in [5.41, 5.74) is 3.45. The molecule has 1 aliphatic heterocycles. The zero-order chi connectivity index (χ0) is 22.7. The number of nitrogens with zero attached hydrogens (tertiary/aromatic N) is 6. The van der Waals surface area contributed by atoms with Crippen LogP contribution in [-0.4, -0.2) is 56.6 Å². The normalized spacial score (nSPS) is 14.7. The van der Waals surface area contributed by atoms with Gasteiger partial charge in [0.05, 0.1) is 30.4 Å². The van der Waals surface area contributed by atoms with E-state index in [4.69, 9.17) is 0 Å². The molecule has 3 heterocycles. The number of hydrogen-bond acceptors (Lipinski definition) is 8. The quantitative estimate of drug-likeness (QED) is 0.609. The number of aliphatic hydroxyl groups is 2. The third-order valence-corrected chi connectivity index (χ3v) is 5.96. The van der Waals surface area contributed by atoms with Gasteiger partial charge in [-0.05, 0) is 31.9 Å². The molecule has 0 bridgehead atoms. The summed E-state index contributed by atoms with van der Waals surface area (Å²) in [4.78, 5) is 13.2. The summed E-state index contributed by atoms with van der Waals surface area (Å²) in [6.07, 6.45) is 4.04. The zero-order valence-electron chi connectivity index (χ0n) is 18.9. The minimum Gasteiger partial charge on any atom is -0.392 e. The zero-order valence-corrected chi connectivity index (χ0v) is 18.9. The van der Waals surface area contributed by atoms with Crippen LogP contribution < -0.4 is 9.80 Å². The van der Waals surface area contributed by atoms with Crippen LogP contribution in [-0.2, 0) is 18.6 Å². The van der Waals surface area contributed by atoms with Gasteiger partial charge < -0.3 is 20.0 Å². The molecule has 4 rings (SSSR count). The van der Waals surface area contributed by atoms with Crippen molar-refractivity contribution in [2.45, 2.75) is 39.4 Å². The van der Waals surface area contributed by atoms with Gasteiger partial charge >= 0.3 is 0 Å². The standard InChI is InChI=1S/C24H30N6O2/c1-17-19(16-31)23(28-27-20(17)13-18-7-5-4-6-8-18)30-11-9-29(10-12-30)22-15-25-21(14-26-22)24(2,3)32/h4-8,14-15,31-32H,9-13,16H2,1-3H3. The van der Waals surface area contributed by atoms with Gasteiger partial charge in [-0.15, -0.1) is 5.10 Å². The van der Waals surface area contributed by atoms with Gasteiger partial charge in [0.15, 0.2) is 5.82 Å². The largest absolute Gasteiger partial charge is 0.392 e. The molecule has 0 unspecified atom stereocenters. The average molecular weight is 435 g/mol. The summed E-state index contributed by atoms with van der Waals surface area (Å²) in [6, 6.07) is 10.2. The van der Waals surface area contributed by atoms with E-state index < -0.39 is 5.60 Å². The smallest absolute Gasteiger partial charge is 0.157 e. The SMILES string of the molecule is Cc1c(Cc2ccccc2)nnc(N2CCN(c3cnc(C(C)(C)O)cn3)CC2)c1CO. The van der Waals surface area contributed by atoms with Crippen LogP contribution in [0.15, 0.2) is 42.7 Å². The first kappa shape index (κ1) is 22.1. The second-order valence-electron chi connectivity index (χ2n) is 8.69. The molecule has 0 aliphatic carbocycles. The van der Waals surface area contributed by atoms with Crippen molar-refractivity contribution >= 4 is 11.6 Å². The number of hydrogen-bond donors (Lipinski definition) is 2. The number of rotatable bonds is 6. The summed E-state index contributed by atoms with van der Waals surface area (Å²) in [7, 11) is 0. The van der Waals surface area contributed by atoms with E-state index in [1.54, 1.807) is 26.2 Å². The molecule has 8 nitrogen and oxygen atoms in total. The Bertz CT molecular complexity index is 1040. The van der Waals surface area contributed by atoms with Crippen molar-refractivity contribution < 1.29 is 10.2 Å². The lowest BCUT2D eigenvalue weighted by Gasteiger charge is -2.36. The lowest BCUT2D eigenvalue weighted by molar-refractivity contribution is 0.0734. The Kier molecular flexibility index (Phi) is 6.34. The van der Waals surface area contributed by atoms with Crippen LogP contribution in [0.5, 0.6) is 0 Å². The predicted octanol–water partition coefficient (Wildman–Crippen LogP) is 2.21. The highest BCUT2D eigenvalue weighted by atomic mass is 16.3. The van der Waals surface area contributed by atoms with Crippen LogP contribution >= 0.6 is 0 Å². The number of aromatic nitrogens is 4. The van der Waals surface area contributed by atoms with Crippen LogP contribution in [0.1, 0.15) is 41.9 Å². The summed E-state index contributed by atoms with van der Waals surface area (Å²) in [5.74, 6) is 1.55. The van der Waals surface area contributed by atoms with Crippen molar-refractivity contribution in [3.8, 4) is 0 Å². The van der Waals surface area contributed by atoms with Gasteiger partial charge in [-0.2, -0.15) is 5.10 Å². The highest BCUT2D eigenvalue weighted by molar-refractivity contribution is 5.52. The van der Waals surface area contributed by atoms with Crippen LogP contribution in [0, 0.1) is 6.92 Å². The summed E-state index contributed by atoms with van der Waals surface area (Å²) in [5, 5.41) is 29.2. The van der Waals surface area contributed by atoms with Crippen LogP contribution in [0.3, 0.4) is 0 Å². The third-order valence-electron chi connectivity index (χ3n) is 5.96. The Balaban J connectivity index is 1.46. The van der Waals surface area contributed by atoms with E-state index in [0.717, 1.165) is 54.6 Å². The molecular weight excluding hydrogens is 404 g/mol. The van der Waals surface area contributed by atoms with E-state index in [1.807, 2.05) is 25.1 Å². The molecule has 0 saturated carbocycles. The van der Waals surface area contributed by atoms with E-state index in [1.165, 1.54) is 5.56 Å². The first-order valence-electron chi connectivity index (χ1n) is 10.9. The van der Waals surface area contributed by atoms with Gasteiger partial charge in [0.25, 0.3) is 0 Å². The number of piperazine rings is 1.